The predicted molar refractivity (Wildman–Crippen MR) is 196 cm³/mol. The molecule has 3 saturated heterocycles. The lowest BCUT2D eigenvalue weighted by molar-refractivity contribution is -0.384. The van der Waals surface area contributed by atoms with Gasteiger partial charge in [0.2, 0.25) is 11.8 Å². The number of carbonyl (C=O) groups is 5. The molecule has 276 valence electrons. The summed E-state index contributed by atoms with van der Waals surface area (Å²) in [5.41, 5.74) is 1.87. The number of rotatable bonds is 8. The number of nitrogens with zero attached hydrogens (tertiary/aromatic N) is 5. The second-order valence-corrected chi connectivity index (χ2v) is 14.4. The van der Waals surface area contributed by atoms with Crippen LogP contribution in [0.15, 0.2) is 48.5 Å². The smallest absolute Gasteiger partial charge is 0.271 e. The van der Waals surface area contributed by atoms with Crippen LogP contribution in [0, 0.1) is 16.0 Å². The Hall–Kier alpha value is -5.25. The highest BCUT2D eigenvalue weighted by Gasteiger charge is 2.45. The second-order valence-electron chi connectivity index (χ2n) is 13.6. The molecule has 1 unspecified atom stereocenters. The van der Waals surface area contributed by atoms with Crippen molar-refractivity contribution in [3.05, 3.63) is 85.4 Å². The first-order valence-electron chi connectivity index (χ1n) is 17.2. The number of anilines is 3. The molecule has 1 atom stereocenters. The largest absolute Gasteiger partial charge is 0.507 e. The van der Waals surface area contributed by atoms with Crippen molar-refractivity contribution in [2.24, 2.45) is 5.92 Å². The number of nitro benzene ring substituents is 1. The minimum atomic E-state index is -0.998. The maximum atomic E-state index is 13.3. The van der Waals surface area contributed by atoms with Gasteiger partial charge in [-0.3, -0.25) is 49.2 Å². The van der Waals surface area contributed by atoms with Crippen LogP contribution >= 0.6 is 23.2 Å². The van der Waals surface area contributed by atoms with E-state index in [0.717, 1.165) is 62.2 Å². The highest BCUT2D eigenvalue weighted by atomic mass is 35.5. The van der Waals surface area contributed by atoms with Crippen molar-refractivity contribution in [2.75, 3.05) is 60.9 Å². The van der Waals surface area contributed by atoms with Crippen LogP contribution < -0.4 is 20.4 Å². The summed E-state index contributed by atoms with van der Waals surface area (Å²) in [6.07, 6.45) is 2.07. The first-order chi connectivity index (χ1) is 25.4. The highest BCUT2D eigenvalue weighted by Crippen LogP contribution is 2.36. The summed E-state index contributed by atoms with van der Waals surface area (Å²) in [7, 11) is 0. The molecule has 3 aromatic rings. The number of aromatic hydroxyl groups is 1. The van der Waals surface area contributed by atoms with Gasteiger partial charge in [-0.05, 0) is 55.5 Å². The van der Waals surface area contributed by atoms with E-state index in [-0.39, 0.29) is 51.7 Å². The van der Waals surface area contributed by atoms with E-state index in [1.165, 1.54) is 24.3 Å². The van der Waals surface area contributed by atoms with Gasteiger partial charge in [0.25, 0.3) is 23.4 Å². The number of benzene rings is 3. The van der Waals surface area contributed by atoms with Crippen LogP contribution in [0.5, 0.6) is 5.75 Å². The zero-order valence-electron chi connectivity index (χ0n) is 28.3. The molecule has 3 N–H and O–H groups in total. The van der Waals surface area contributed by atoms with E-state index in [2.05, 4.69) is 25.3 Å². The van der Waals surface area contributed by atoms with Crippen LogP contribution in [-0.4, -0.2) is 101 Å². The number of hydrogen-bond acceptors (Lipinski definition) is 11. The number of fused-ring (bicyclic) bond motifs is 1. The zero-order valence-corrected chi connectivity index (χ0v) is 29.9. The molecule has 0 saturated carbocycles. The molecule has 3 fully saturated rings. The Kier molecular flexibility index (Phi) is 9.98. The van der Waals surface area contributed by atoms with Crippen LogP contribution in [0.25, 0.3) is 0 Å². The van der Waals surface area contributed by atoms with Crippen LogP contribution in [0.1, 0.15) is 56.8 Å². The summed E-state index contributed by atoms with van der Waals surface area (Å²) in [5.74, 6) is -2.54. The molecule has 0 bridgehead atoms. The fourth-order valence-electron chi connectivity index (χ4n) is 7.45. The molecule has 17 heteroatoms. The number of non-ortho nitro benzene ring substituents is 1. The third-order valence-corrected chi connectivity index (χ3v) is 11.0. The fourth-order valence-corrected chi connectivity index (χ4v) is 7.95. The normalized spacial score (nSPS) is 19.7. The molecule has 0 radical (unpaired) electrons. The summed E-state index contributed by atoms with van der Waals surface area (Å²) in [6, 6.07) is 10.7. The average Bonchev–Trinajstić information content (AvgIpc) is 3.38. The first-order valence-corrected chi connectivity index (χ1v) is 18.0. The van der Waals surface area contributed by atoms with Gasteiger partial charge >= 0.3 is 0 Å². The van der Waals surface area contributed by atoms with Crippen molar-refractivity contribution in [3.63, 3.8) is 0 Å². The minimum absolute atomic E-state index is 0.0183. The molecule has 3 aromatic carbocycles. The van der Waals surface area contributed by atoms with E-state index < -0.39 is 40.5 Å². The van der Waals surface area contributed by atoms with Crippen LogP contribution in [-0.2, 0) is 9.59 Å². The van der Waals surface area contributed by atoms with Crippen LogP contribution in [0.2, 0.25) is 10.0 Å². The molecule has 4 heterocycles. The summed E-state index contributed by atoms with van der Waals surface area (Å²) in [6.45, 7) is 5.38. The van der Waals surface area contributed by atoms with E-state index >= 15 is 0 Å². The Morgan fingerprint density at radius 3 is 2.26 bits per heavy atom. The number of phenols is 1. The molecule has 5 amide bonds. The number of halogens is 2. The number of imide groups is 2. The lowest BCUT2D eigenvalue weighted by Gasteiger charge is -2.40. The summed E-state index contributed by atoms with van der Waals surface area (Å²) in [4.78, 5) is 81.3. The summed E-state index contributed by atoms with van der Waals surface area (Å²) >= 11 is 12.7. The number of nitro groups is 1. The number of nitrogens with one attached hydrogen (secondary N) is 2. The molecule has 7 rings (SSSR count). The van der Waals surface area contributed by atoms with Crippen molar-refractivity contribution < 1.29 is 34.0 Å². The van der Waals surface area contributed by atoms with Gasteiger partial charge in [0.15, 0.2) is 0 Å². The summed E-state index contributed by atoms with van der Waals surface area (Å²) < 4.78 is 0. The second kappa shape index (κ2) is 14.6. The van der Waals surface area contributed by atoms with Gasteiger partial charge in [-0.25, -0.2) is 0 Å². The quantitative estimate of drug-likeness (QED) is 0.169. The molecular weight excluding hydrogens is 729 g/mol. The molecule has 15 nitrogen and oxygen atoms in total. The topological polar surface area (TPSA) is 186 Å². The fraction of sp³-hybridized carbons (Fsp3) is 0.361. The number of phenolic OH excluding ortho intramolecular Hbond substituents is 1. The van der Waals surface area contributed by atoms with Gasteiger partial charge in [0.1, 0.15) is 11.8 Å². The Balaban J connectivity index is 0.903. The Morgan fingerprint density at radius 2 is 1.58 bits per heavy atom. The maximum Gasteiger partial charge on any atom is 0.271 e. The lowest BCUT2D eigenvalue weighted by atomic mass is 9.95. The van der Waals surface area contributed by atoms with E-state index in [4.69, 9.17) is 23.2 Å². The molecule has 4 aliphatic rings. The molecule has 53 heavy (non-hydrogen) atoms. The molecule has 0 aromatic heterocycles. The third-order valence-electron chi connectivity index (χ3n) is 10.4. The van der Waals surface area contributed by atoms with E-state index in [1.54, 1.807) is 12.1 Å². The lowest BCUT2D eigenvalue weighted by Crippen LogP contribution is -2.54. The number of piperidine rings is 2. The van der Waals surface area contributed by atoms with E-state index in [1.807, 2.05) is 6.07 Å². The van der Waals surface area contributed by atoms with E-state index in [9.17, 15) is 39.2 Å². The number of piperazine rings is 1. The Labute approximate surface area is 313 Å². The van der Waals surface area contributed by atoms with Crippen molar-refractivity contribution >= 4 is 75.5 Å². The SMILES string of the molecule is O=C1CCC(N2C(=O)c3ccc(N4CCC(CN5CCN(c6cc(O)c(C(=O)Nc7ccc([N+](=O)[O-])cc7Cl)cc6Cl)CC5)CC4)cc3C2=O)C(=O)N1. The Morgan fingerprint density at radius 1 is 0.868 bits per heavy atom. The third kappa shape index (κ3) is 7.24. The van der Waals surface area contributed by atoms with Crippen molar-refractivity contribution in [1.82, 2.24) is 15.1 Å². The average molecular weight is 765 g/mol. The van der Waals surface area contributed by atoms with E-state index in [0.29, 0.717) is 29.7 Å². The monoisotopic (exact) mass is 763 g/mol. The molecular formula is C36H35Cl2N7O8. The summed E-state index contributed by atoms with van der Waals surface area (Å²) in [5, 5.41) is 26.8. The van der Waals surface area contributed by atoms with Gasteiger partial charge < -0.3 is 20.2 Å². The van der Waals surface area contributed by atoms with Gasteiger partial charge in [-0.2, -0.15) is 0 Å². The number of amides is 5. The van der Waals surface area contributed by atoms with Crippen LogP contribution in [0.4, 0.5) is 22.7 Å². The number of hydrogen-bond donors (Lipinski definition) is 3. The van der Waals surface area contributed by atoms with Crippen molar-refractivity contribution in [2.45, 2.75) is 31.7 Å². The molecule has 0 spiro atoms. The van der Waals surface area contributed by atoms with Crippen molar-refractivity contribution in [1.29, 1.82) is 0 Å². The predicted octanol–water partition coefficient (Wildman–Crippen LogP) is 4.30. The van der Waals surface area contributed by atoms with Crippen molar-refractivity contribution in [3.8, 4) is 5.75 Å². The van der Waals surface area contributed by atoms with Gasteiger partial charge in [0.05, 0.1) is 43.0 Å². The first kappa shape index (κ1) is 36.1. The van der Waals surface area contributed by atoms with Crippen LogP contribution in [0.3, 0.4) is 0 Å². The number of carbonyl (C=O) groups excluding carboxylic acids is 5. The Bertz CT molecular complexity index is 2050. The minimum Gasteiger partial charge on any atom is -0.507 e. The van der Waals surface area contributed by atoms with Gasteiger partial charge in [0, 0.05) is 76.1 Å². The maximum absolute atomic E-state index is 13.3. The van der Waals surface area contributed by atoms with Gasteiger partial charge in [-0.1, -0.05) is 23.2 Å². The molecule has 0 aliphatic carbocycles. The van der Waals surface area contributed by atoms with Gasteiger partial charge in [-0.15, -0.1) is 0 Å². The standard InChI is InChI=1S/C36H35Cl2N7O8/c37-26-16-22(45(52)53)2-4-28(26)39-33(48)25-17-27(38)30(18-31(25)46)43-13-11-41(12-14-43)19-20-7-9-42(10-8-20)21-1-3-23-24(15-21)36(51)44(35(23)50)29-5-6-32(47)40-34(29)49/h1-4,15-18,20,29,46H,5-14,19H2,(H,39,48)(H,40,47,49). The zero-order chi connectivity index (χ0) is 37.6. The molecule has 4 aliphatic heterocycles. The highest BCUT2D eigenvalue weighted by molar-refractivity contribution is 6.35.